The van der Waals surface area contributed by atoms with Crippen molar-refractivity contribution in [1.82, 2.24) is 0 Å². The van der Waals surface area contributed by atoms with Crippen LogP contribution in [0.25, 0.3) is 0 Å². The van der Waals surface area contributed by atoms with Gasteiger partial charge in [-0.05, 0) is 45.4 Å². The molecule has 4 nitrogen and oxygen atoms in total. The van der Waals surface area contributed by atoms with E-state index >= 15 is 0 Å². The fraction of sp³-hybridized carbons (Fsp3) is 0.684. The van der Waals surface area contributed by atoms with Gasteiger partial charge < -0.3 is 19.5 Å². The number of fused-ring (bicyclic) bond motifs is 1. The Morgan fingerprint density at radius 3 is 2.65 bits per heavy atom. The van der Waals surface area contributed by atoms with Crippen LogP contribution in [0.5, 0.6) is 5.75 Å². The Hall–Kier alpha value is -1.26. The third-order valence-corrected chi connectivity index (χ3v) is 4.33. The van der Waals surface area contributed by atoms with Crippen molar-refractivity contribution in [1.29, 1.82) is 0 Å². The Morgan fingerprint density at radius 1 is 1.22 bits per heavy atom. The van der Waals surface area contributed by atoms with E-state index in [1.54, 1.807) is 7.11 Å². The Balaban J connectivity index is 2.23. The Kier molecular flexibility index (Phi) is 6.31. The van der Waals surface area contributed by atoms with Crippen molar-refractivity contribution in [2.24, 2.45) is 0 Å². The minimum absolute atomic E-state index is 0.117. The molecule has 0 bridgehead atoms. The molecule has 1 aromatic carbocycles. The largest absolute Gasteiger partial charge is 0.485 e. The molecule has 2 unspecified atom stereocenters. The van der Waals surface area contributed by atoms with E-state index < -0.39 is 5.60 Å². The molecular weight excluding hydrogens is 290 g/mol. The topological polar surface area (TPSA) is 39.7 Å². The van der Waals surface area contributed by atoms with E-state index in [0.29, 0.717) is 0 Å². The zero-order valence-electron chi connectivity index (χ0n) is 15.1. The number of hydrogen-bond acceptors (Lipinski definition) is 4. The van der Waals surface area contributed by atoms with Crippen LogP contribution >= 0.6 is 0 Å². The van der Waals surface area contributed by atoms with Gasteiger partial charge in [0.25, 0.3) is 0 Å². The molecule has 2 atom stereocenters. The summed E-state index contributed by atoms with van der Waals surface area (Å²) in [6.07, 6.45) is 3.22. The number of ether oxygens (including phenoxy) is 3. The molecule has 1 heterocycles. The maximum Gasteiger partial charge on any atom is 0.132 e. The van der Waals surface area contributed by atoms with E-state index in [-0.39, 0.29) is 12.2 Å². The smallest absolute Gasteiger partial charge is 0.132 e. The van der Waals surface area contributed by atoms with Crippen LogP contribution < -0.4 is 10.1 Å². The highest BCUT2D eigenvalue weighted by atomic mass is 16.6. The number of methoxy groups -OCH3 is 1. The fourth-order valence-corrected chi connectivity index (χ4v) is 3.15. The van der Waals surface area contributed by atoms with Crippen LogP contribution in [0.3, 0.4) is 0 Å². The van der Waals surface area contributed by atoms with Gasteiger partial charge in [-0.25, -0.2) is 0 Å². The standard InChI is InChI=1S/C19H31NO3/c1-6-8-9-12-22-18-17(21-5)15-13-14(20-7-2)10-11-16(15)23-19(18,3)4/h10-11,13,17-18,20H,6-9,12H2,1-5H3. The van der Waals surface area contributed by atoms with Crippen molar-refractivity contribution in [2.75, 3.05) is 25.6 Å². The van der Waals surface area contributed by atoms with Gasteiger partial charge in [0.15, 0.2) is 0 Å². The van der Waals surface area contributed by atoms with Crippen molar-refractivity contribution in [3.05, 3.63) is 23.8 Å². The highest BCUT2D eigenvalue weighted by Crippen LogP contribution is 2.44. The monoisotopic (exact) mass is 321 g/mol. The number of rotatable bonds is 8. The molecule has 23 heavy (non-hydrogen) atoms. The van der Waals surface area contributed by atoms with Gasteiger partial charge in [0, 0.05) is 31.5 Å². The summed E-state index contributed by atoms with van der Waals surface area (Å²) in [6, 6.07) is 6.19. The summed E-state index contributed by atoms with van der Waals surface area (Å²) >= 11 is 0. The number of nitrogens with one attached hydrogen (secondary N) is 1. The quantitative estimate of drug-likeness (QED) is 0.713. The molecule has 130 valence electrons. The maximum atomic E-state index is 6.22. The minimum Gasteiger partial charge on any atom is -0.485 e. The number of anilines is 1. The highest BCUT2D eigenvalue weighted by Gasteiger charge is 2.45. The molecule has 1 aromatic rings. The van der Waals surface area contributed by atoms with Gasteiger partial charge in [0.05, 0.1) is 0 Å². The van der Waals surface area contributed by atoms with Crippen LogP contribution in [0.1, 0.15) is 58.6 Å². The third kappa shape index (κ3) is 4.18. The van der Waals surface area contributed by atoms with Gasteiger partial charge in [-0.2, -0.15) is 0 Å². The molecule has 1 aliphatic rings. The second-order valence-corrected chi connectivity index (χ2v) is 6.64. The predicted octanol–water partition coefficient (Wildman–Crippen LogP) is 4.55. The van der Waals surface area contributed by atoms with Crippen molar-refractivity contribution in [2.45, 2.75) is 64.8 Å². The molecule has 1 N–H and O–H groups in total. The summed E-state index contributed by atoms with van der Waals surface area (Å²) in [7, 11) is 1.75. The molecule has 0 saturated heterocycles. The van der Waals surface area contributed by atoms with E-state index in [1.807, 2.05) is 12.1 Å². The van der Waals surface area contributed by atoms with E-state index in [2.05, 4.69) is 39.1 Å². The molecule has 0 saturated carbocycles. The van der Waals surface area contributed by atoms with Gasteiger partial charge in [-0.15, -0.1) is 0 Å². The average molecular weight is 321 g/mol. The van der Waals surface area contributed by atoms with Gasteiger partial charge in [0.2, 0.25) is 0 Å². The normalized spacial score (nSPS) is 22.3. The summed E-state index contributed by atoms with van der Waals surface area (Å²) in [5.74, 6) is 0.886. The molecular formula is C19H31NO3. The summed E-state index contributed by atoms with van der Waals surface area (Å²) in [5.41, 5.74) is 1.73. The van der Waals surface area contributed by atoms with E-state index in [1.165, 1.54) is 12.8 Å². The van der Waals surface area contributed by atoms with Crippen LogP contribution in [0.15, 0.2) is 18.2 Å². The molecule has 1 aliphatic heterocycles. The molecule has 0 amide bonds. The summed E-state index contributed by atoms with van der Waals surface area (Å²) < 4.78 is 18.2. The van der Waals surface area contributed by atoms with Crippen molar-refractivity contribution in [3.63, 3.8) is 0 Å². The second-order valence-electron chi connectivity index (χ2n) is 6.64. The first-order valence-electron chi connectivity index (χ1n) is 8.74. The Morgan fingerprint density at radius 2 is 2.00 bits per heavy atom. The molecule has 0 spiro atoms. The third-order valence-electron chi connectivity index (χ3n) is 4.33. The second kappa shape index (κ2) is 8.02. The molecule has 2 rings (SSSR count). The van der Waals surface area contributed by atoms with Crippen molar-refractivity contribution in [3.8, 4) is 5.75 Å². The average Bonchev–Trinajstić information content (AvgIpc) is 2.51. The molecule has 4 heteroatoms. The first-order valence-corrected chi connectivity index (χ1v) is 8.74. The summed E-state index contributed by atoms with van der Waals surface area (Å²) in [6.45, 7) is 10.1. The van der Waals surface area contributed by atoms with Crippen molar-refractivity contribution < 1.29 is 14.2 Å². The van der Waals surface area contributed by atoms with Crippen molar-refractivity contribution >= 4 is 5.69 Å². The van der Waals surface area contributed by atoms with Crippen LogP contribution in [0, 0.1) is 0 Å². The molecule has 0 aromatic heterocycles. The van der Waals surface area contributed by atoms with E-state index in [9.17, 15) is 0 Å². The lowest BCUT2D eigenvalue weighted by molar-refractivity contribution is -0.154. The zero-order chi connectivity index (χ0) is 16.9. The van der Waals surface area contributed by atoms with Gasteiger partial charge in [0.1, 0.15) is 23.6 Å². The minimum atomic E-state index is -0.417. The SMILES string of the molecule is CCCCCOC1C(OC)c2cc(NCC)ccc2OC1(C)C. The van der Waals surface area contributed by atoms with E-state index in [0.717, 1.165) is 36.6 Å². The first-order chi connectivity index (χ1) is 11.0. The van der Waals surface area contributed by atoms with Gasteiger partial charge >= 0.3 is 0 Å². The number of hydrogen-bond donors (Lipinski definition) is 1. The molecule has 0 aliphatic carbocycles. The predicted molar refractivity (Wildman–Crippen MR) is 94.3 cm³/mol. The lowest BCUT2D eigenvalue weighted by atomic mass is 9.88. The highest BCUT2D eigenvalue weighted by molar-refractivity contribution is 5.53. The maximum absolute atomic E-state index is 6.22. The van der Waals surface area contributed by atoms with Crippen LogP contribution in [0.4, 0.5) is 5.69 Å². The summed E-state index contributed by atoms with van der Waals surface area (Å²) in [5, 5.41) is 3.35. The van der Waals surface area contributed by atoms with Crippen LogP contribution in [-0.4, -0.2) is 32.0 Å². The van der Waals surface area contributed by atoms with E-state index in [4.69, 9.17) is 14.2 Å². The summed E-state index contributed by atoms with van der Waals surface area (Å²) in [4.78, 5) is 0. The Labute approximate surface area is 140 Å². The zero-order valence-corrected chi connectivity index (χ0v) is 15.1. The number of benzene rings is 1. The lowest BCUT2D eigenvalue weighted by Crippen LogP contribution is -2.51. The van der Waals surface area contributed by atoms with Gasteiger partial charge in [-0.1, -0.05) is 19.8 Å². The molecule has 0 fully saturated rings. The van der Waals surface area contributed by atoms with Crippen LogP contribution in [-0.2, 0) is 9.47 Å². The van der Waals surface area contributed by atoms with Crippen LogP contribution in [0.2, 0.25) is 0 Å². The van der Waals surface area contributed by atoms with Gasteiger partial charge in [-0.3, -0.25) is 0 Å². The number of unbranched alkanes of at least 4 members (excludes halogenated alkanes) is 2. The lowest BCUT2D eigenvalue weighted by Gasteiger charge is -2.44. The Bertz CT molecular complexity index is 501. The first kappa shape index (κ1) is 18.1. The fourth-order valence-electron chi connectivity index (χ4n) is 3.15. The molecule has 0 radical (unpaired) electrons.